The van der Waals surface area contributed by atoms with Gasteiger partial charge in [-0.1, -0.05) is 60.2 Å². The number of aryl methyl sites for hydroxylation is 1. The Morgan fingerprint density at radius 3 is 2.35 bits per heavy atom. The topological polar surface area (TPSA) is 55.9 Å². The fraction of sp³-hybridized carbons (Fsp3) is 0.500. The third-order valence-corrected chi connectivity index (χ3v) is 6.95. The third kappa shape index (κ3) is 6.17. The van der Waals surface area contributed by atoms with Gasteiger partial charge >= 0.3 is 6.03 Å². The van der Waals surface area contributed by atoms with Crippen LogP contribution in [0, 0.1) is 12.8 Å². The fourth-order valence-corrected chi connectivity index (χ4v) is 5.17. The van der Waals surface area contributed by atoms with Crippen molar-refractivity contribution in [1.29, 1.82) is 0 Å². The fourth-order valence-electron chi connectivity index (χ4n) is 5.17. The zero-order valence-electron chi connectivity index (χ0n) is 20.7. The molecule has 6 heteroatoms. The normalized spacial score (nSPS) is 21.5. The quantitative estimate of drug-likeness (QED) is 0.734. The van der Waals surface area contributed by atoms with Crippen molar-refractivity contribution in [2.75, 3.05) is 39.3 Å². The van der Waals surface area contributed by atoms with E-state index < -0.39 is 0 Å². The van der Waals surface area contributed by atoms with Crippen molar-refractivity contribution in [3.05, 3.63) is 71.3 Å². The number of carbonyl (C=O) groups is 2. The Bertz CT molecular complexity index is 969. The number of piperidine rings is 1. The molecule has 6 nitrogen and oxygen atoms in total. The summed E-state index contributed by atoms with van der Waals surface area (Å²) in [5.41, 5.74) is 3.73. The molecule has 2 aliphatic rings. The van der Waals surface area contributed by atoms with Crippen molar-refractivity contribution >= 4 is 11.9 Å². The molecule has 1 N–H and O–H groups in total. The van der Waals surface area contributed by atoms with Crippen LogP contribution in [0.15, 0.2) is 54.6 Å². The number of carbonyl (C=O) groups excluding carboxylic acids is 2. The molecule has 0 bridgehead atoms. The van der Waals surface area contributed by atoms with E-state index in [0.29, 0.717) is 13.1 Å². The minimum absolute atomic E-state index is 0.0682. The maximum atomic E-state index is 13.6. The van der Waals surface area contributed by atoms with Crippen molar-refractivity contribution < 1.29 is 9.59 Å². The Morgan fingerprint density at radius 1 is 0.941 bits per heavy atom. The van der Waals surface area contributed by atoms with Crippen LogP contribution in [0.25, 0.3) is 0 Å². The van der Waals surface area contributed by atoms with E-state index in [0.717, 1.165) is 39.1 Å². The second-order valence-corrected chi connectivity index (χ2v) is 10.1. The molecule has 0 saturated carbocycles. The lowest BCUT2D eigenvalue weighted by Crippen LogP contribution is -2.55. The number of urea groups is 1. The van der Waals surface area contributed by atoms with E-state index in [1.807, 2.05) is 29.7 Å². The van der Waals surface area contributed by atoms with Crippen molar-refractivity contribution in [3.8, 4) is 0 Å². The Kier molecular flexibility index (Phi) is 7.88. The summed E-state index contributed by atoms with van der Waals surface area (Å²) in [5.74, 6) is 0.191. The minimum atomic E-state index is -0.169. The molecule has 2 atom stereocenters. The summed E-state index contributed by atoms with van der Waals surface area (Å²) < 4.78 is 0. The van der Waals surface area contributed by atoms with Gasteiger partial charge in [0.1, 0.15) is 0 Å². The highest BCUT2D eigenvalue weighted by molar-refractivity contribution is 5.81. The highest BCUT2D eigenvalue weighted by Crippen LogP contribution is 2.32. The van der Waals surface area contributed by atoms with E-state index in [9.17, 15) is 9.59 Å². The first-order valence-electron chi connectivity index (χ1n) is 12.6. The Morgan fingerprint density at radius 2 is 1.68 bits per heavy atom. The molecule has 2 saturated heterocycles. The Balaban J connectivity index is 1.42. The third-order valence-electron chi connectivity index (χ3n) is 6.95. The molecule has 182 valence electrons. The molecule has 2 heterocycles. The second kappa shape index (κ2) is 11.0. The van der Waals surface area contributed by atoms with E-state index >= 15 is 0 Å². The van der Waals surface area contributed by atoms with Crippen LogP contribution in [0.1, 0.15) is 42.9 Å². The molecule has 2 aliphatic heterocycles. The number of benzene rings is 2. The van der Waals surface area contributed by atoms with E-state index in [1.54, 1.807) is 0 Å². The van der Waals surface area contributed by atoms with Crippen molar-refractivity contribution in [1.82, 2.24) is 20.0 Å². The van der Waals surface area contributed by atoms with Gasteiger partial charge < -0.3 is 15.1 Å². The van der Waals surface area contributed by atoms with Crippen LogP contribution in [-0.4, -0.2) is 71.9 Å². The molecule has 3 amide bonds. The van der Waals surface area contributed by atoms with Gasteiger partial charge in [-0.25, -0.2) is 4.79 Å². The van der Waals surface area contributed by atoms with Gasteiger partial charge in [0.15, 0.2) is 0 Å². The molecule has 0 radical (unpaired) electrons. The highest BCUT2D eigenvalue weighted by atomic mass is 16.2. The van der Waals surface area contributed by atoms with Gasteiger partial charge in [0.05, 0.1) is 5.92 Å². The summed E-state index contributed by atoms with van der Waals surface area (Å²) in [7, 11) is 0. The minimum Gasteiger partial charge on any atom is -0.340 e. The summed E-state index contributed by atoms with van der Waals surface area (Å²) in [6, 6.07) is 19.0. The highest BCUT2D eigenvalue weighted by Gasteiger charge is 2.37. The van der Waals surface area contributed by atoms with Gasteiger partial charge in [0.25, 0.3) is 0 Å². The Labute approximate surface area is 203 Å². The lowest BCUT2D eigenvalue weighted by Gasteiger charge is -2.41. The van der Waals surface area contributed by atoms with Crippen LogP contribution in [0.5, 0.6) is 0 Å². The first kappa shape index (κ1) is 24.3. The molecule has 0 aromatic heterocycles. The summed E-state index contributed by atoms with van der Waals surface area (Å²) in [6.07, 6.45) is 0.790. The molecule has 34 heavy (non-hydrogen) atoms. The number of nitrogens with zero attached hydrogens (tertiary/aromatic N) is 3. The predicted molar refractivity (Wildman–Crippen MR) is 136 cm³/mol. The first-order valence-corrected chi connectivity index (χ1v) is 12.6. The number of amides is 3. The number of likely N-dealkylation sites (tertiary alicyclic amines) is 1. The zero-order chi connectivity index (χ0) is 24.1. The van der Waals surface area contributed by atoms with Crippen LogP contribution < -0.4 is 5.32 Å². The molecule has 2 unspecified atom stereocenters. The number of piperazine rings is 1. The first-order chi connectivity index (χ1) is 16.4. The molecule has 2 aromatic carbocycles. The molecule has 4 rings (SSSR count). The summed E-state index contributed by atoms with van der Waals surface area (Å²) in [5, 5.41) is 3.02. The largest absolute Gasteiger partial charge is 0.340 e. The molecular formula is C28H38N4O2. The van der Waals surface area contributed by atoms with Gasteiger partial charge in [-0.15, -0.1) is 0 Å². The van der Waals surface area contributed by atoms with E-state index in [-0.39, 0.29) is 29.8 Å². The van der Waals surface area contributed by atoms with E-state index in [4.69, 9.17) is 0 Å². The second-order valence-electron chi connectivity index (χ2n) is 10.1. The van der Waals surface area contributed by atoms with Crippen molar-refractivity contribution in [2.24, 2.45) is 5.92 Å². The summed E-state index contributed by atoms with van der Waals surface area (Å²) in [6.45, 7) is 11.3. The van der Waals surface area contributed by atoms with Gasteiger partial charge in [0.2, 0.25) is 5.91 Å². The maximum Gasteiger partial charge on any atom is 0.317 e. The number of hydrogen-bond donors (Lipinski definition) is 1. The SMILES string of the molecule is Cc1cccc(C2CC(C(=O)N3CCN(Cc4ccccc4)CC3)CN(C(=O)NC(C)C)C2)c1. The van der Waals surface area contributed by atoms with Gasteiger partial charge in [-0.2, -0.15) is 0 Å². The van der Waals surface area contributed by atoms with Crippen LogP contribution in [0.2, 0.25) is 0 Å². The van der Waals surface area contributed by atoms with Gasteiger partial charge in [-0.3, -0.25) is 9.69 Å². The van der Waals surface area contributed by atoms with Crippen LogP contribution in [0.3, 0.4) is 0 Å². The number of nitrogens with one attached hydrogen (secondary N) is 1. The van der Waals surface area contributed by atoms with Gasteiger partial charge in [-0.05, 0) is 38.3 Å². The maximum absolute atomic E-state index is 13.6. The van der Waals surface area contributed by atoms with Crippen LogP contribution >= 0.6 is 0 Å². The van der Waals surface area contributed by atoms with Crippen molar-refractivity contribution in [2.45, 2.75) is 45.7 Å². The average Bonchev–Trinajstić information content (AvgIpc) is 2.84. The number of hydrogen-bond acceptors (Lipinski definition) is 3. The smallest absolute Gasteiger partial charge is 0.317 e. The standard InChI is InChI=1S/C28H38N4O2/c1-21(2)29-28(34)32-19-25(24-11-7-8-22(3)16-24)17-26(20-32)27(33)31-14-12-30(13-15-31)18-23-9-5-4-6-10-23/h4-11,16,21,25-26H,12-15,17-20H2,1-3H3,(H,29,34). The predicted octanol–water partition coefficient (Wildman–Crippen LogP) is 3.86. The summed E-state index contributed by atoms with van der Waals surface area (Å²) >= 11 is 0. The monoisotopic (exact) mass is 462 g/mol. The molecule has 2 aromatic rings. The molecule has 2 fully saturated rings. The van der Waals surface area contributed by atoms with E-state index in [2.05, 4.69) is 65.7 Å². The van der Waals surface area contributed by atoms with E-state index in [1.165, 1.54) is 16.7 Å². The lowest BCUT2D eigenvalue weighted by atomic mass is 9.83. The van der Waals surface area contributed by atoms with Crippen LogP contribution in [-0.2, 0) is 11.3 Å². The van der Waals surface area contributed by atoms with Crippen LogP contribution in [0.4, 0.5) is 4.79 Å². The molecule has 0 aliphatic carbocycles. The van der Waals surface area contributed by atoms with Crippen molar-refractivity contribution in [3.63, 3.8) is 0 Å². The zero-order valence-corrected chi connectivity index (χ0v) is 20.7. The lowest BCUT2D eigenvalue weighted by molar-refractivity contribution is -0.139. The molecular weight excluding hydrogens is 424 g/mol. The Hall–Kier alpha value is -2.86. The van der Waals surface area contributed by atoms with Gasteiger partial charge in [0, 0.05) is 57.8 Å². The number of rotatable bonds is 5. The average molecular weight is 463 g/mol. The molecule has 0 spiro atoms. The summed E-state index contributed by atoms with van der Waals surface area (Å²) in [4.78, 5) is 32.8.